The van der Waals surface area contributed by atoms with Gasteiger partial charge in [-0.2, -0.15) is 0 Å². The van der Waals surface area contributed by atoms with E-state index in [1.54, 1.807) is 0 Å². The molecule has 2 aliphatic carbocycles. The normalized spacial score (nSPS) is 15.2. The Morgan fingerprint density at radius 2 is 0.611 bits per heavy atom. The SMILES string of the molecule is c1ccc(C2(c3ccccc3)c3ccccc3-c3ccc(N4c5cccc6[c]5[Sb]5[c]7c(cccc7N(c7ccc8c(c7)C(c7ccccc7)(c7ccccc7)c7ccccc7-8)c7cccc4[c]75)O6)cc32)cc1. The summed E-state index contributed by atoms with van der Waals surface area (Å²) in [5.74, 6) is 1.97. The van der Waals surface area contributed by atoms with Gasteiger partial charge >= 0.3 is 429 Å². The van der Waals surface area contributed by atoms with Crippen molar-refractivity contribution in [2.24, 2.45) is 0 Å². The predicted molar refractivity (Wildman–Crippen MR) is 295 cm³/mol. The van der Waals surface area contributed by atoms with E-state index >= 15 is 0 Å². The Morgan fingerprint density at radius 3 is 1.01 bits per heavy atom. The first kappa shape index (κ1) is 40.4. The van der Waals surface area contributed by atoms with Crippen LogP contribution in [0.4, 0.5) is 34.1 Å². The van der Waals surface area contributed by atoms with Gasteiger partial charge in [-0.05, 0) is 0 Å². The van der Waals surface area contributed by atoms with E-state index in [1.165, 1.54) is 100 Å². The summed E-state index contributed by atoms with van der Waals surface area (Å²) in [6.07, 6.45) is 0. The zero-order chi connectivity index (χ0) is 47.1. The van der Waals surface area contributed by atoms with E-state index in [4.69, 9.17) is 4.74 Å². The van der Waals surface area contributed by atoms with Crippen molar-refractivity contribution in [2.45, 2.75) is 10.8 Å². The number of rotatable bonds is 6. The molecule has 3 aliphatic heterocycles. The van der Waals surface area contributed by atoms with Crippen molar-refractivity contribution in [2.75, 3.05) is 9.80 Å². The van der Waals surface area contributed by atoms with Crippen LogP contribution in [-0.2, 0) is 10.8 Å². The fourth-order valence-electron chi connectivity index (χ4n) is 13.5. The third-order valence-electron chi connectivity index (χ3n) is 16.2. The molecule has 0 amide bonds. The van der Waals surface area contributed by atoms with Crippen LogP contribution in [0, 0.1) is 0 Å². The van der Waals surface area contributed by atoms with Crippen molar-refractivity contribution >= 4 is 64.9 Å². The van der Waals surface area contributed by atoms with Gasteiger partial charge in [0.15, 0.2) is 0 Å². The molecule has 0 saturated carbocycles. The molecule has 336 valence electrons. The Morgan fingerprint density at radius 1 is 0.278 bits per heavy atom. The van der Waals surface area contributed by atoms with Crippen molar-refractivity contribution in [3.63, 3.8) is 0 Å². The first-order chi connectivity index (χ1) is 35.7. The third kappa shape index (κ3) is 5.16. The molecule has 3 nitrogen and oxygen atoms in total. The van der Waals surface area contributed by atoms with Crippen molar-refractivity contribution < 1.29 is 4.74 Å². The maximum absolute atomic E-state index is 7.14. The molecule has 0 bridgehead atoms. The summed E-state index contributed by atoms with van der Waals surface area (Å²) in [4.78, 5) is 5.13. The van der Waals surface area contributed by atoms with Crippen molar-refractivity contribution in [1.29, 1.82) is 0 Å². The summed E-state index contributed by atoms with van der Waals surface area (Å²) in [5.41, 5.74) is 21.5. The maximum atomic E-state index is 7.14. The van der Waals surface area contributed by atoms with Crippen LogP contribution in [0.1, 0.15) is 44.5 Å². The molecule has 0 radical (unpaired) electrons. The van der Waals surface area contributed by atoms with Gasteiger partial charge in [0.25, 0.3) is 0 Å². The Hall–Kier alpha value is -8.36. The third-order valence-corrected chi connectivity index (χ3v) is 23.9. The predicted octanol–water partition coefficient (Wildman–Crippen LogP) is 14.6. The molecule has 11 aromatic rings. The average Bonchev–Trinajstić information content (AvgIpc) is 3.92. The quantitative estimate of drug-likeness (QED) is 0.154. The molecule has 0 saturated heterocycles. The molecule has 5 aliphatic rings. The standard InChI is InChI=1S/C68H43N2O.Sb/c1-5-20-47(21-6-1)67(48-22-7-2-8-23-48)63-36-15-13-34-59(63)61-40-38-55(45-65(61)67)69-51-28-17-29-52(42-51)70(54-31-19-33-58(44-54)71-57-32-18-30-53(69)43-57)56-39-41-62-60-35-14-16-37-64(60)68(66(62)46-56,49-24-9-3-10-25-49)50-26-11-4-12-27-50;/h1-41,45-46H;. The molecule has 0 spiro atoms. The van der Waals surface area contributed by atoms with E-state index < -0.39 is 31.0 Å². The van der Waals surface area contributed by atoms with Crippen LogP contribution in [0.25, 0.3) is 22.3 Å². The van der Waals surface area contributed by atoms with E-state index in [0.717, 1.165) is 22.9 Å². The Kier molecular flexibility index (Phi) is 8.45. The fraction of sp³-hybridized carbons (Fsp3) is 0.0294. The monoisotopic (exact) mass is 1020 g/mol. The molecule has 0 aromatic heterocycles. The molecule has 0 N–H and O–H groups in total. The van der Waals surface area contributed by atoms with E-state index in [1.807, 2.05) is 0 Å². The Bertz CT molecular complexity index is 3700. The summed E-state index contributed by atoms with van der Waals surface area (Å²) < 4.78 is 11.4. The summed E-state index contributed by atoms with van der Waals surface area (Å²) in [6, 6.07) is 97.7. The van der Waals surface area contributed by atoms with Gasteiger partial charge in [0.1, 0.15) is 0 Å². The topological polar surface area (TPSA) is 15.7 Å². The van der Waals surface area contributed by atoms with Crippen LogP contribution in [0.3, 0.4) is 0 Å². The van der Waals surface area contributed by atoms with Crippen molar-refractivity contribution in [3.8, 4) is 33.8 Å². The molecular formula is C68H43N2OSb. The molecule has 4 heteroatoms. The molecule has 72 heavy (non-hydrogen) atoms. The number of benzene rings is 11. The zero-order valence-electron chi connectivity index (χ0n) is 39.1. The molecular weight excluding hydrogens is 983 g/mol. The second kappa shape index (κ2) is 15.1. The zero-order valence-corrected chi connectivity index (χ0v) is 41.6. The van der Waals surface area contributed by atoms with Gasteiger partial charge in [0.2, 0.25) is 0 Å². The Labute approximate surface area is 426 Å². The summed E-state index contributed by atoms with van der Waals surface area (Å²) >= 11 is -2.81. The second-order valence-corrected chi connectivity index (χ2v) is 25.3. The van der Waals surface area contributed by atoms with Gasteiger partial charge in [-0.1, -0.05) is 0 Å². The number of nitrogens with zero attached hydrogens (tertiary/aromatic N) is 2. The van der Waals surface area contributed by atoms with E-state index in [2.05, 4.69) is 271 Å². The molecule has 0 unspecified atom stereocenters. The molecule has 16 rings (SSSR count). The number of ether oxygens (including phenoxy) is 1. The van der Waals surface area contributed by atoms with Gasteiger partial charge in [0, 0.05) is 0 Å². The van der Waals surface area contributed by atoms with E-state index in [-0.39, 0.29) is 0 Å². The number of hydrogen-bond donors (Lipinski definition) is 0. The van der Waals surface area contributed by atoms with E-state index in [0.29, 0.717) is 0 Å². The van der Waals surface area contributed by atoms with Crippen molar-refractivity contribution in [1.82, 2.24) is 0 Å². The molecule has 3 heterocycles. The summed E-state index contributed by atoms with van der Waals surface area (Å²) in [5, 5.41) is 0. The van der Waals surface area contributed by atoms with Crippen LogP contribution in [-0.4, -0.2) is 20.2 Å². The van der Waals surface area contributed by atoms with Crippen molar-refractivity contribution in [3.05, 3.63) is 305 Å². The Balaban J connectivity index is 0.943. The van der Waals surface area contributed by atoms with Crippen LogP contribution in [0.5, 0.6) is 11.5 Å². The fourth-order valence-corrected chi connectivity index (χ4v) is 22.0. The van der Waals surface area contributed by atoms with Crippen LogP contribution < -0.4 is 25.1 Å². The average molecular weight is 1030 g/mol. The second-order valence-electron chi connectivity index (χ2n) is 19.5. The summed E-state index contributed by atoms with van der Waals surface area (Å²) in [7, 11) is 0. The van der Waals surface area contributed by atoms with Gasteiger partial charge in [-0.25, -0.2) is 0 Å². The minimum atomic E-state index is -2.81. The summed E-state index contributed by atoms with van der Waals surface area (Å²) in [6.45, 7) is 0. The first-order valence-electron chi connectivity index (χ1n) is 24.9. The van der Waals surface area contributed by atoms with Gasteiger partial charge in [0.05, 0.1) is 0 Å². The molecule has 0 atom stereocenters. The number of anilines is 6. The van der Waals surface area contributed by atoms with Gasteiger partial charge < -0.3 is 0 Å². The van der Waals surface area contributed by atoms with E-state index in [9.17, 15) is 0 Å². The molecule has 0 fully saturated rings. The number of hydrogen-bond acceptors (Lipinski definition) is 3. The number of fused-ring (bicyclic) bond motifs is 6. The van der Waals surface area contributed by atoms with Crippen LogP contribution in [0.2, 0.25) is 0 Å². The van der Waals surface area contributed by atoms with Crippen LogP contribution >= 0.6 is 0 Å². The first-order valence-corrected chi connectivity index (χ1v) is 28.8. The van der Waals surface area contributed by atoms with Gasteiger partial charge in [-0.15, -0.1) is 0 Å². The molecule has 11 aromatic carbocycles. The van der Waals surface area contributed by atoms with Gasteiger partial charge in [-0.3, -0.25) is 0 Å². The van der Waals surface area contributed by atoms with Crippen LogP contribution in [0.15, 0.2) is 261 Å². The minimum absolute atomic E-state index is 0.526.